The van der Waals surface area contributed by atoms with Crippen molar-refractivity contribution in [3.05, 3.63) is 29.0 Å². The van der Waals surface area contributed by atoms with Crippen LogP contribution >= 0.6 is 11.3 Å². The summed E-state index contributed by atoms with van der Waals surface area (Å²) < 4.78 is 0. The second-order valence-electron chi connectivity index (χ2n) is 2.42. The van der Waals surface area contributed by atoms with E-state index < -0.39 is 5.97 Å². The van der Waals surface area contributed by atoms with E-state index in [1.54, 1.807) is 5.38 Å². The fourth-order valence-electron chi connectivity index (χ4n) is 0.917. The third kappa shape index (κ3) is 3.13. The Hall–Kier alpha value is -0.184. The minimum atomic E-state index is -1.27. The number of hydrogen-bond donors (Lipinski definition) is 0. The summed E-state index contributed by atoms with van der Waals surface area (Å²) in [6, 6.07) is 0. The SMILES string of the molecule is O=C([O-])c1nc(-c2cnccn2)cs1.[K+]. The number of thiazole rings is 1. The fraction of sp³-hybridized carbons (Fsp3) is 0. The summed E-state index contributed by atoms with van der Waals surface area (Å²) in [5, 5.41) is 12.0. The molecule has 5 nitrogen and oxygen atoms in total. The summed E-state index contributed by atoms with van der Waals surface area (Å²) in [5.74, 6) is -1.27. The van der Waals surface area contributed by atoms with Crippen molar-refractivity contribution in [1.29, 1.82) is 0 Å². The molecule has 15 heavy (non-hydrogen) atoms. The molecule has 0 radical (unpaired) electrons. The smallest absolute Gasteiger partial charge is 0.542 e. The first-order chi connectivity index (χ1) is 6.77. The predicted molar refractivity (Wildman–Crippen MR) is 47.5 cm³/mol. The molecule has 0 spiro atoms. The van der Waals surface area contributed by atoms with Crippen LogP contribution in [0.15, 0.2) is 24.0 Å². The van der Waals surface area contributed by atoms with Crippen LogP contribution in [0.2, 0.25) is 0 Å². The van der Waals surface area contributed by atoms with Gasteiger partial charge in [-0.25, -0.2) is 4.98 Å². The van der Waals surface area contributed by atoms with Gasteiger partial charge >= 0.3 is 51.4 Å². The minimum absolute atomic E-state index is 0. The maximum atomic E-state index is 10.4. The zero-order valence-electron chi connectivity index (χ0n) is 7.88. The largest absolute Gasteiger partial charge is 1.00 e. The van der Waals surface area contributed by atoms with Gasteiger partial charge in [-0.1, -0.05) is 0 Å². The van der Waals surface area contributed by atoms with E-state index in [1.807, 2.05) is 0 Å². The Morgan fingerprint density at radius 2 is 2.13 bits per heavy atom. The van der Waals surface area contributed by atoms with E-state index in [-0.39, 0.29) is 56.4 Å². The summed E-state index contributed by atoms with van der Waals surface area (Å²) >= 11 is 1.01. The molecule has 0 unspecified atom stereocenters. The first kappa shape index (κ1) is 12.9. The number of carbonyl (C=O) groups excluding carboxylic acids is 1. The summed E-state index contributed by atoms with van der Waals surface area (Å²) in [5.41, 5.74) is 1.05. The van der Waals surface area contributed by atoms with Crippen LogP contribution in [0.25, 0.3) is 11.4 Å². The van der Waals surface area contributed by atoms with E-state index in [9.17, 15) is 9.90 Å². The van der Waals surface area contributed by atoms with Crippen molar-refractivity contribution in [3.63, 3.8) is 0 Å². The van der Waals surface area contributed by atoms with Gasteiger partial charge in [-0.3, -0.25) is 9.97 Å². The number of rotatable bonds is 2. The number of aromatic nitrogens is 3. The zero-order chi connectivity index (χ0) is 9.97. The molecule has 2 aromatic heterocycles. The molecule has 0 atom stereocenters. The molecule has 2 aromatic rings. The number of hydrogen-bond acceptors (Lipinski definition) is 6. The maximum Gasteiger partial charge on any atom is 1.00 e. The molecule has 0 aliphatic rings. The standard InChI is InChI=1S/C8H5N3O2S.K/c12-8(13)7-11-6(4-14-7)5-3-9-1-2-10-5;/h1-4H,(H,12,13);/q;+1/p-1. The Morgan fingerprint density at radius 3 is 2.67 bits per heavy atom. The van der Waals surface area contributed by atoms with E-state index in [0.717, 1.165) is 11.3 Å². The molecule has 2 rings (SSSR count). The third-order valence-electron chi connectivity index (χ3n) is 1.50. The molecule has 0 N–H and O–H groups in total. The number of carboxylic acid groups (broad SMARTS) is 1. The Labute approximate surface area is 132 Å². The number of aromatic carboxylic acids is 1. The van der Waals surface area contributed by atoms with Crippen LogP contribution < -0.4 is 56.5 Å². The van der Waals surface area contributed by atoms with Crippen molar-refractivity contribution < 1.29 is 61.3 Å². The maximum absolute atomic E-state index is 10.4. The van der Waals surface area contributed by atoms with Crippen molar-refractivity contribution in [2.75, 3.05) is 0 Å². The topological polar surface area (TPSA) is 78.8 Å². The van der Waals surface area contributed by atoms with Gasteiger partial charge in [0.05, 0.1) is 6.20 Å². The molecular weight excluding hydrogens is 241 g/mol. The van der Waals surface area contributed by atoms with Gasteiger partial charge in [0.1, 0.15) is 22.4 Å². The summed E-state index contributed by atoms with van der Waals surface area (Å²) in [4.78, 5) is 22.1. The van der Waals surface area contributed by atoms with Crippen LogP contribution in [0.1, 0.15) is 9.80 Å². The summed E-state index contributed by atoms with van der Waals surface area (Å²) in [6.45, 7) is 0. The monoisotopic (exact) mass is 245 g/mol. The van der Waals surface area contributed by atoms with Crippen molar-refractivity contribution in [3.8, 4) is 11.4 Å². The Bertz CT molecular complexity index is 460. The first-order valence-electron chi connectivity index (χ1n) is 3.70. The van der Waals surface area contributed by atoms with E-state index >= 15 is 0 Å². The van der Waals surface area contributed by atoms with Gasteiger partial charge in [0, 0.05) is 17.8 Å². The molecule has 0 aromatic carbocycles. The van der Waals surface area contributed by atoms with Gasteiger partial charge < -0.3 is 9.90 Å². The van der Waals surface area contributed by atoms with Crippen molar-refractivity contribution in [1.82, 2.24) is 15.0 Å². The van der Waals surface area contributed by atoms with Gasteiger partial charge in [0.25, 0.3) is 0 Å². The summed E-state index contributed by atoms with van der Waals surface area (Å²) in [7, 11) is 0. The van der Waals surface area contributed by atoms with Gasteiger partial charge in [-0.05, 0) is 0 Å². The Kier molecular flexibility index (Phi) is 4.96. The first-order valence-corrected chi connectivity index (χ1v) is 4.58. The van der Waals surface area contributed by atoms with Gasteiger partial charge in [0.2, 0.25) is 0 Å². The number of nitrogens with zero attached hydrogens (tertiary/aromatic N) is 3. The normalized spacial score (nSPS) is 9.33. The Morgan fingerprint density at radius 1 is 1.33 bits per heavy atom. The molecule has 0 aliphatic carbocycles. The van der Waals surface area contributed by atoms with Crippen molar-refractivity contribution in [2.45, 2.75) is 0 Å². The molecular formula is C8H4KN3O2S. The number of carboxylic acids is 1. The molecule has 0 bridgehead atoms. The average Bonchev–Trinajstić information content (AvgIpc) is 2.68. The molecule has 70 valence electrons. The molecule has 0 aliphatic heterocycles. The van der Waals surface area contributed by atoms with Crippen molar-refractivity contribution >= 4 is 17.3 Å². The molecule has 7 heteroatoms. The molecule has 0 saturated carbocycles. The van der Waals surface area contributed by atoms with Crippen LogP contribution in [0.5, 0.6) is 0 Å². The zero-order valence-corrected chi connectivity index (χ0v) is 11.8. The quantitative estimate of drug-likeness (QED) is 0.526. The van der Waals surface area contributed by atoms with Crippen LogP contribution in [0.3, 0.4) is 0 Å². The van der Waals surface area contributed by atoms with E-state index in [2.05, 4.69) is 15.0 Å². The van der Waals surface area contributed by atoms with Gasteiger partial charge in [-0.15, -0.1) is 11.3 Å². The average molecular weight is 245 g/mol. The molecule has 0 fully saturated rings. The van der Waals surface area contributed by atoms with E-state index in [4.69, 9.17) is 0 Å². The molecule has 2 heterocycles. The molecule has 0 saturated heterocycles. The van der Waals surface area contributed by atoms with E-state index in [0.29, 0.717) is 11.4 Å². The van der Waals surface area contributed by atoms with Gasteiger partial charge in [-0.2, -0.15) is 0 Å². The van der Waals surface area contributed by atoms with Crippen molar-refractivity contribution in [2.24, 2.45) is 0 Å². The second-order valence-corrected chi connectivity index (χ2v) is 3.27. The van der Waals surface area contributed by atoms with Crippen LogP contribution in [0, 0.1) is 0 Å². The van der Waals surface area contributed by atoms with Crippen LogP contribution in [0.4, 0.5) is 0 Å². The van der Waals surface area contributed by atoms with Crippen LogP contribution in [-0.2, 0) is 0 Å². The number of carbonyl (C=O) groups is 1. The third-order valence-corrected chi connectivity index (χ3v) is 2.33. The van der Waals surface area contributed by atoms with Crippen LogP contribution in [-0.4, -0.2) is 20.9 Å². The Balaban J connectivity index is 0.00000112. The molecule has 0 amide bonds. The summed E-state index contributed by atoms with van der Waals surface area (Å²) in [6.07, 6.45) is 4.58. The second kappa shape index (κ2) is 5.78. The predicted octanol–water partition coefficient (Wildman–Crippen LogP) is -3.03. The van der Waals surface area contributed by atoms with E-state index in [1.165, 1.54) is 18.6 Å². The fourth-order valence-corrected chi connectivity index (χ4v) is 1.56. The van der Waals surface area contributed by atoms with Gasteiger partial charge in [0.15, 0.2) is 0 Å². The minimum Gasteiger partial charge on any atom is -0.542 e.